The molecule has 0 spiro atoms. The van der Waals surface area contributed by atoms with Crippen molar-refractivity contribution in [1.29, 1.82) is 0 Å². The molecule has 94 valence electrons. The van der Waals surface area contributed by atoms with Gasteiger partial charge in [-0.15, -0.1) is 0 Å². The van der Waals surface area contributed by atoms with Gasteiger partial charge in [0.05, 0.1) is 18.6 Å². The van der Waals surface area contributed by atoms with Gasteiger partial charge in [0.25, 0.3) is 5.91 Å². The molecule has 1 fully saturated rings. The lowest BCUT2D eigenvalue weighted by Crippen LogP contribution is -2.57. The van der Waals surface area contributed by atoms with E-state index in [2.05, 4.69) is 33.9 Å². The maximum atomic E-state index is 11.3. The highest BCUT2D eigenvalue weighted by molar-refractivity contribution is 6.74. The van der Waals surface area contributed by atoms with Gasteiger partial charge in [-0.2, -0.15) is 0 Å². The molecule has 0 aromatic rings. The standard InChI is InChI=1S/C11H23NO3Si/c1-8(9-7-12(14)10(9)13)15-16(5,6)11(2,3)4/h8-9,14H,7H2,1-6H3. The Morgan fingerprint density at radius 1 is 1.50 bits per heavy atom. The highest BCUT2D eigenvalue weighted by atomic mass is 28.4. The number of nitrogens with zero attached hydrogens (tertiary/aromatic N) is 1. The van der Waals surface area contributed by atoms with Crippen LogP contribution in [0.2, 0.25) is 18.1 Å². The number of amides is 1. The van der Waals surface area contributed by atoms with E-state index in [1.807, 2.05) is 6.92 Å². The SMILES string of the molecule is CC(O[Si](C)(C)C(C)(C)C)C1CN(O)C1=O. The number of hydrogen-bond donors (Lipinski definition) is 1. The van der Waals surface area contributed by atoms with Crippen molar-refractivity contribution in [3.05, 3.63) is 0 Å². The zero-order chi connectivity index (χ0) is 12.7. The van der Waals surface area contributed by atoms with Crippen LogP contribution in [0.15, 0.2) is 0 Å². The van der Waals surface area contributed by atoms with Crippen LogP contribution in [-0.2, 0) is 9.22 Å². The summed E-state index contributed by atoms with van der Waals surface area (Å²) in [6.45, 7) is 13.2. The summed E-state index contributed by atoms with van der Waals surface area (Å²) in [5.74, 6) is -0.384. The summed E-state index contributed by atoms with van der Waals surface area (Å²) in [6, 6.07) is 0. The normalized spacial score (nSPS) is 24.3. The highest BCUT2D eigenvalue weighted by Crippen LogP contribution is 2.38. The molecule has 1 heterocycles. The van der Waals surface area contributed by atoms with Gasteiger partial charge < -0.3 is 4.43 Å². The predicted molar refractivity (Wildman–Crippen MR) is 64.7 cm³/mol. The molecule has 0 aromatic heterocycles. The van der Waals surface area contributed by atoms with Gasteiger partial charge in [-0.05, 0) is 25.1 Å². The third kappa shape index (κ3) is 2.47. The molecule has 0 aromatic carbocycles. The maximum absolute atomic E-state index is 11.3. The van der Waals surface area contributed by atoms with Crippen molar-refractivity contribution in [2.45, 2.75) is 51.9 Å². The molecule has 0 aliphatic carbocycles. The van der Waals surface area contributed by atoms with E-state index in [0.717, 1.165) is 5.06 Å². The van der Waals surface area contributed by atoms with Crippen molar-refractivity contribution in [2.24, 2.45) is 5.92 Å². The summed E-state index contributed by atoms with van der Waals surface area (Å²) < 4.78 is 6.11. The van der Waals surface area contributed by atoms with Gasteiger partial charge in [0.1, 0.15) is 0 Å². The van der Waals surface area contributed by atoms with Crippen LogP contribution in [0.1, 0.15) is 27.7 Å². The fourth-order valence-electron chi connectivity index (χ4n) is 1.51. The number of carbonyl (C=O) groups excluding carboxylic acids is 1. The first kappa shape index (κ1) is 13.7. The van der Waals surface area contributed by atoms with E-state index in [-0.39, 0.29) is 23.0 Å². The molecule has 2 unspecified atom stereocenters. The first-order valence-electron chi connectivity index (χ1n) is 5.74. The van der Waals surface area contributed by atoms with Gasteiger partial charge in [-0.25, -0.2) is 5.06 Å². The van der Waals surface area contributed by atoms with Crippen LogP contribution in [-0.4, -0.2) is 37.1 Å². The van der Waals surface area contributed by atoms with E-state index in [0.29, 0.717) is 6.54 Å². The molecule has 0 bridgehead atoms. The van der Waals surface area contributed by atoms with E-state index in [4.69, 9.17) is 9.63 Å². The number of carbonyl (C=O) groups is 1. The topological polar surface area (TPSA) is 49.8 Å². The Hall–Kier alpha value is -0.393. The van der Waals surface area contributed by atoms with Crippen LogP contribution < -0.4 is 0 Å². The first-order valence-corrected chi connectivity index (χ1v) is 8.65. The second-order valence-corrected chi connectivity index (χ2v) is 10.9. The molecule has 1 aliphatic rings. The lowest BCUT2D eigenvalue weighted by molar-refractivity contribution is -0.204. The summed E-state index contributed by atoms with van der Waals surface area (Å²) in [4.78, 5) is 11.3. The number of rotatable bonds is 3. The maximum Gasteiger partial charge on any atom is 0.253 e. The zero-order valence-electron chi connectivity index (χ0n) is 11.1. The van der Waals surface area contributed by atoms with Crippen molar-refractivity contribution in [3.63, 3.8) is 0 Å². The van der Waals surface area contributed by atoms with Crippen LogP contribution in [0, 0.1) is 5.92 Å². The fourth-order valence-corrected chi connectivity index (χ4v) is 2.95. The molecule has 1 amide bonds. The van der Waals surface area contributed by atoms with Gasteiger partial charge in [0, 0.05) is 0 Å². The van der Waals surface area contributed by atoms with Gasteiger partial charge >= 0.3 is 0 Å². The Morgan fingerprint density at radius 2 is 2.00 bits per heavy atom. The molecule has 1 N–H and O–H groups in total. The second-order valence-electron chi connectivity index (χ2n) is 6.11. The van der Waals surface area contributed by atoms with Gasteiger partial charge in [0.15, 0.2) is 8.32 Å². The Kier molecular flexibility index (Phi) is 3.52. The third-order valence-corrected chi connectivity index (χ3v) is 8.37. The van der Waals surface area contributed by atoms with Crippen molar-refractivity contribution in [2.75, 3.05) is 6.54 Å². The fraction of sp³-hybridized carbons (Fsp3) is 0.909. The lowest BCUT2D eigenvalue weighted by atomic mass is 9.96. The van der Waals surface area contributed by atoms with Gasteiger partial charge in [-0.3, -0.25) is 10.0 Å². The summed E-state index contributed by atoms with van der Waals surface area (Å²) in [6.07, 6.45) is -0.100. The average Bonchev–Trinajstić information content (AvgIpc) is 2.10. The van der Waals surface area contributed by atoms with Crippen molar-refractivity contribution in [1.82, 2.24) is 5.06 Å². The summed E-state index contributed by atoms with van der Waals surface area (Å²) in [5.41, 5.74) is 0. The molecule has 1 aliphatic heterocycles. The molecule has 0 saturated carbocycles. The van der Waals surface area contributed by atoms with Crippen LogP contribution in [0.25, 0.3) is 0 Å². The molecule has 1 saturated heterocycles. The van der Waals surface area contributed by atoms with Crippen LogP contribution in [0.4, 0.5) is 0 Å². The van der Waals surface area contributed by atoms with Crippen molar-refractivity contribution in [3.8, 4) is 0 Å². The van der Waals surface area contributed by atoms with Gasteiger partial charge in [-0.1, -0.05) is 20.8 Å². The first-order chi connectivity index (χ1) is 7.06. The number of hydroxylamine groups is 2. The Balaban J connectivity index is 2.58. The monoisotopic (exact) mass is 245 g/mol. The Labute approximate surface area is 98.7 Å². The largest absolute Gasteiger partial charge is 0.413 e. The molecule has 2 atom stereocenters. The highest BCUT2D eigenvalue weighted by Gasteiger charge is 2.45. The molecular weight excluding hydrogens is 222 g/mol. The quantitative estimate of drug-likeness (QED) is 0.471. The van der Waals surface area contributed by atoms with Gasteiger partial charge in [0.2, 0.25) is 0 Å². The molecule has 0 radical (unpaired) electrons. The number of hydrogen-bond acceptors (Lipinski definition) is 3. The van der Waals surface area contributed by atoms with Crippen molar-refractivity contribution < 1.29 is 14.4 Å². The summed E-state index contributed by atoms with van der Waals surface area (Å²) in [7, 11) is -1.82. The van der Waals surface area contributed by atoms with Crippen LogP contribution in [0.5, 0.6) is 0 Å². The lowest BCUT2D eigenvalue weighted by Gasteiger charge is -2.43. The van der Waals surface area contributed by atoms with Crippen LogP contribution in [0.3, 0.4) is 0 Å². The third-order valence-electron chi connectivity index (χ3n) is 3.79. The molecule has 5 heteroatoms. The minimum atomic E-state index is -1.82. The van der Waals surface area contributed by atoms with E-state index in [1.165, 1.54) is 0 Å². The minimum Gasteiger partial charge on any atom is -0.413 e. The zero-order valence-corrected chi connectivity index (χ0v) is 12.1. The average molecular weight is 245 g/mol. The summed E-state index contributed by atoms with van der Waals surface area (Å²) in [5, 5.41) is 9.94. The minimum absolute atomic E-state index is 0.100. The smallest absolute Gasteiger partial charge is 0.253 e. The second kappa shape index (κ2) is 4.12. The van der Waals surface area contributed by atoms with E-state index >= 15 is 0 Å². The predicted octanol–water partition coefficient (Wildman–Crippen LogP) is 2.24. The summed E-state index contributed by atoms with van der Waals surface area (Å²) >= 11 is 0. The van der Waals surface area contributed by atoms with Crippen LogP contribution >= 0.6 is 0 Å². The molecule has 1 rings (SSSR count). The molecular formula is C11H23NO3Si. The van der Waals surface area contributed by atoms with Crippen molar-refractivity contribution >= 4 is 14.2 Å². The molecule has 4 nitrogen and oxygen atoms in total. The number of β-lactam (4-membered cyclic amide) rings is 1. The Bertz CT molecular complexity index is 285. The van der Waals surface area contributed by atoms with E-state index < -0.39 is 8.32 Å². The molecule has 16 heavy (non-hydrogen) atoms. The van der Waals surface area contributed by atoms with E-state index in [1.54, 1.807) is 0 Å². The Morgan fingerprint density at radius 3 is 2.31 bits per heavy atom. The van der Waals surface area contributed by atoms with E-state index in [9.17, 15) is 4.79 Å².